The van der Waals surface area contributed by atoms with Crippen molar-refractivity contribution in [3.05, 3.63) is 60.7 Å². The van der Waals surface area contributed by atoms with Gasteiger partial charge in [0.25, 0.3) is 0 Å². The second-order valence-electron chi connectivity index (χ2n) is 3.37. The van der Waals surface area contributed by atoms with E-state index in [0.29, 0.717) is 0 Å². The van der Waals surface area contributed by atoms with Gasteiger partial charge in [-0.1, -0.05) is 52.3 Å². The number of rotatable bonds is 4. The fraction of sp³-hybridized carbons (Fsp3) is 0.200. The molecular weight excluding hydrogens is 292 g/mol. The van der Waals surface area contributed by atoms with Crippen LogP contribution in [0.3, 0.4) is 0 Å². The van der Waals surface area contributed by atoms with Crippen molar-refractivity contribution >= 4 is 15.9 Å². The Bertz CT molecular complexity index is 403. The molecule has 18 heavy (non-hydrogen) atoms. The van der Waals surface area contributed by atoms with Crippen LogP contribution >= 0.6 is 15.9 Å². The van der Waals surface area contributed by atoms with Crippen molar-refractivity contribution < 1.29 is 9.47 Å². The maximum Gasteiger partial charge on any atom is 0.119 e. The molecule has 0 spiro atoms. The predicted molar refractivity (Wildman–Crippen MR) is 78.7 cm³/mol. The average molecular weight is 309 g/mol. The van der Waals surface area contributed by atoms with Crippen molar-refractivity contribution in [3.8, 4) is 11.5 Å². The van der Waals surface area contributed by atoms with Crippen LogP contribution in [0.2, 0.25) is 0 Å². The standard InChI is InChI=1S/C8H9BrO.C7H8O/c9-6-7-10-8-4-2-1-3-5-8;1-8-7-5-3-2-4-6-7/h1-5H,6-7H2;2-6H,1H3. The van der Waals surface area contributed by atoms with E-state index in [1.54, 1.807) is 7.11 Å². The van der Waals surface area contributed by atoms with Gasteiger partial charge >= 0.3 is 0 Å². The van der Waals surface area contributed by atoms with E-state index in [1.807, 2.05) is 60.7 Å². The molecule has 2 aromatic carbocycles. The number of halogens is 1. The molecule has 3 heteroatoms. The molecule has 0 aliphatic heterocycles. The van der Waals surface area contributed by atoms with Crippen LogP contribution in [0.4, 0.5) is 0 Å². The summed E-state index contributed by atoms with van der Waals surface area (Å²) in [5, 5.41) is 0.877. The van der Waals surface area contributed by atoms with Crippen molar-refractivity contribution in [1.29, 1.82) is 0 Å². The first kappa shape index (κ1) is 14.6. The lowest BCUT2D eigenvalue weighted by molar-refractivity contribution is 0.345. The molecule has 0 saturated carbocycles. The zero-order chi connectivity index (χ0) is 13.1. The predicted octanol–water partition coefficient (Wildman–Crippen LogP) is 4.16. The quantitative estimate of drug-likeness (QED) is 0.790. The summed E-state index contributed by atoms with van der Waals surface area (Å²) in [6.45, 7) is 0.726. The third-order valence-corrected chi connectivity index (χ3v) is 2.39. The van der Waals surface area contributed by atoms with Crippen LogP contribution in [-0.4, -0.2) is 19.0 Å². The summed E-state index contributed by atoms with van der Waals surface area (Å²) in [4.78, 5) is 0. The summed E-state index contributed by atoms with van der Waals surface area (Å²) < 4.78 is 10.2. The summed E-state index contributed by atoms with van der Waals surface area (Å²) in [7, 11) is 1.66. The minimum absolute atomic E-state index is 0.726. The first-order valence-electron chi connectivity index (χ1n) is 5.69. The number of benzene rings is 2. The largest absolute Gasteiger partial charge is 0.497 e. The smallest absolute Gasteiger partial charge is 0.119 e. The molecule has 0 aliphatic carbocycles. The Hall–Kier alpha value is -1.48. The lowest BCUT2D eigenvalue weighted by Gasteiger charge is -2.01. The molecule has 2 aromatic rings. The molecule has 0 unspecified atom stereocenters. The summed E-state index contributed by atoms with van der Waals surface area (Å²) >= 11 is 3.28. The molecule has 2 nitrogen and oxygen atoms in total. The van der Waals surface area contributed by atoms with Gasteiger partial charge in [0.1, 0.15) is 11.5 Å². The molecule has 0 fully saturated rings. The van der Waals surface area contributed by atoms with Crippen molar-refractivity contribution in [2.24, 2.45) is 0 Å². The second kappa shape index (κ2) is 9.54. The van der Waals surface area contributed by atoms with Crippen LogP contribution in [0.15, 0.2) is 60.7 Å². The maximum absolute atomic E-state index is 5.31. The third kappa shape index (κ3) is 6.30. The molecule has 2 rings (SSSR count). The van der Waals surface area contributed by atoms with Gasteiger partial charge in [-0.15, -0.1) is 0 Å². The number of alkyl halides is 1. The van der Waals surface area contributed by atoms with Gasteiger partial charge in [0.15, 0.2) is 0 Å². The molecule has 96 valence electrons. The van der Waals surface area contributed by atoms with E-state index in [0.717, 1.165) is 23.4 Å². The van der Waals surface area contributed by atoms with Crippen molar-refractivity contribution in [3.63, 3.8) is 0 Å². The topological polar surface area (TPSA) is 18.5 Å². The molecule has 0 aromatic heterocycles. The summed E-state index contributed by atoms with van der Waals surface area (Å²) in [6, 6.07) is 19.5. The number of ether oxygens (including phenoxy) is 2. The summed E-state index contributed by atoms with van der Waals surface area (Å²) in [5.74, 6) is 1.84. The van der Waals surface area contributed by atoms with Crippen molar-refractivity contribution in [1.82, 2.24) is 0 Å². The monoisotopic (exact) mass is 308 g/mol. The van der Waals surface area contributed by atoms with Gasteiger partial charge in [-0.2, -0.15) is 0 Å². The Labute approximate surface area is 117 Å². The van der Waals surface area contributed by atoms with Gasteiger partial charge in [0, 0.05) is 5.33 Å². The average Bonchev–Trinajstić information content (AvgIpc) is 2.48. The molecule has 0 aliphatic rings. The fourth-order valence-corrected chi connectivity index (χ4v) is 1.39. The normalized spacial score (nSPS) is 9.00. The molecule has 0 amide bonds. The van der Waals surface area contributed by atoms with Gasteiger partial charge in [0.05, 0.1) is 13.7 Å². The molecule has 0 saturated heterocycles. The first-order chi connectivity index (χ1) is 8.86. The number of methoxy groups -OCH3 is 1. The van der Waals surface area contributed by atoms with Gasteiger partial charge in [-0.05, 0) is 24.3 Å². The Balaban J connectivity index is 0.000000184. The van der Waals surface area contributed by atoms with Crippen LogP contribution < -0.4 is 9.47 Å². The van der Waals surface area contributed by atoms with E-state index in [2.05, 4.69) is 15.9 Å². The van der Waals surface area contributed by atoms with Gasteiger partial charge in [-0.25, -0.2) is 0 Å². The van der Waals surface area contributed by atoms with Gasteiger partial charge in [-0.3, -0.25) is 0 Å². The van der Waals surface area contributed by atoms with E-state index < -0.39 is 0 Å². The highest BCUT2D eigenvalue weighted by Crippen LogP contribution is 2.07. The van der Waals surface area contributed by atoms with E-state index in [1.165, 1.54) is 0 Å². The highest BCUT2D eigenvalue weighted by molar-refractivity contribution is 9.09. The van der Waals surface area contributed by atoms with Gasteiger partial charge in [0.2, 0.25) is 0 Å². The Morgan fingerprint density at radius 2 is 1.33 bits per heavy atom. The SMILES string of the molecule is BrCCOc1ccccc1.COc1ccccc1. The van der Waals surface area contributed by atoms with Crippen LogP contribution in [0.1, 0.15) is 0 Å². The number of hydrogen-bond acceptors (Lipinski definition) is 2. The zero-order valence-electron chi connectivity index (χ0n) is 10.4. The van der Waals surface area contributed by atoms with Crippen molar-refractivity contribution in [2.45, 2.75) is 0 Å². The third-order valence-electron chi connectivity index (χ3n) is 2.07. The minimum Gasteiger partial charge on any atom is -0.497 e. The summed E-state index contributed by atoms with van der Waals surface area (Å²) in [6.07, 6.45) is 0. The second-order valence-corrected chi connectivity index (χ2v) is 4.16. The highest BCUT2D eigenvalue weighted by atomic mass is 79.9. The van der Waals surface area contributed by atoms with E-state index in [9.17, 15) is 0 Å². The van der Waals surface area contributed by atoms with Crippen molar-refractivity contribution in [2.75, 3.05) is 19.0 Å². The van der Waals surface area contributed by atoms with E-state index >= 15 is 0 Å². The van der Waals surface area contributed by atoms with E-state index in [-0.39, 0.29) is 0 Å². The Kier molecular flexibility index (Phi) is 7.73. The van der Waals surface area contributed by atoms with Crippen LogP contribution in [-0.2, 0) is 0 Å². The molecular formula is C15H17BrO2. The maximum atomic E-state index is 5.31. The van der Waals surface area contributed by atoms with Crippen LogP contribution in [0.5, 0.6) is 11.5 Å². The molecule has 0 atom stereocenters. The lowest BCUT2D eigenvalue weighted by Crippen LogP contribution is -1.96. The van der Waals surface area contributed by atoms with Crippen LogP contribution in [0.25, 0.3) is 0 Å². The molecule has 0 N–H and O–H groups in total. The first-order valence-corrected chi connectivity index (χ1v) is 6.82. The lowest BCUT2D eigenvalue weighted by atomic mass is 10.3. The van der Waals surface area contributed by atoms with E-state index in [4.69, 9.17) is 9.47 Å². The highest BCUT2D eigenvalue weighted by Gasteiger charge is 1.87. The zero-order valence-corrected chi connectivity index (χ0v) is 12.0. The number of hydrogen-bond donors (Lipinski definition) is 0. The molecule has 0 bridgehead atoms. The Morgan fingerprint density at radius 3 is 1.72 bits per heavy atom. The van der Waals surface area contributed by atoms with Gasteiger partial charge < -0.3 is 9.47 Å². The number of para-hydroxylation sites is 2. The fourth-order valence-electron chi connectivity index (χ4n) is 1.23. The minimum atomic E-state index is 0.726. The summed E-state index contributed by atoms with van der Waals surface area (Å²) in [5.41, 5.74) is 0. The Morgan fingerprint density at radius 1 is 0.833 bits per heavy atom. The molecule has 0 heterocycles. The van der Waals surface area contributed by atoms with Crippen LogP contribution in [0, 0.1) is 0 Å². The molecule has 0 radical (unpaired) electrons.